The molecule has 1 heterocycles. The molecule has 92 valence electrons. The molecule has 1 N–H and O–H groups in total. The van der Waals surface area contributed by atoms with Crippen LogP contribution in [0.15, 0.2) is 28.7 Å². The van der Waals surface area contributed by atoms with Crippen molar-refractivity contribution in [1.82, 2.24) is 10.2 Å². The third-order valence-corrected chi connectivity index (χ3v) is 3.77. The summed E-state index contributed by atoms with van der Waals surface area (Å²) in [7, 11) is 2.09. The van der Waals surface area contributed by atoms with Gasteiger partial charge in [-0.3, -0.25) is 4.79 Å². The topological polar surface area (TPSA) is 32.3 Å². The molecule has 0 saturated carbocycles. The zero-order valence-electron chi connectivity index (χ0n) is 9.95. The Morgan fingerprint density at radius 2 is 2.24 bits per heavy atom. The molecule has 0 spiro atoms. The largest absolute Gasteiger partial charge is 0.348 e. The lowest BCUT2D eigenvalue weighted by Gasteiger charge is -2.30. The van der Waals surface area contributed by atoms with Crippen LogP contribution in [0, 0.1) is 0 Å². The van der Waals surface area contributed by atoms with Crippen molar-refractivity contribution < 1.29 is 4.79 Å². The van der Waals surface area contributed by atoms with Gasteiger partial charge in [0, 0.05) is 17.1 Å². The minimum atomic E-state index is 0.0118. The Bertz CT molecular complexity index is 408. The summed E-state index contributed by atoms with van der Waals surface area (Å²) in [6.45, 7) is 2.07. The van der Waals surface area contributed by atoms with Crippen LogP contribution >= 0.6 is 15.9 Å². The predicted octanol–water partition coefficient (Wildman–Crippen LogP) is 2.27. The number of benzene rings is 1. The van der Waals surface area contributed by atoms with Gasteiger partial charge in [0.25, 0.3) is 5.91 Å². The Labute approximate surface area is 110 Å². The first-order chi connectivity index (χ1) is 8.16. The summed E-state index contributed by atoms with van der Waals surface area (Å²) >= 11 is 3.40. The fourth-order valence-corrected chi connectivity index (χ4v) is 2.66. The highest BCUT2D eigenvalue weighted by Gasteiger charge is 2.20. The van der Waals surface area contributed by atoms with E-state index in [2.05, 4.69) is 33.2 Å². The van der Waals surface area contributed by atoms with Gasteiger partial charge >= 0.3 is 0 Å². The normalized spacial score (nSPS) is 21.2. The van der Waals surface area contributed by atoms with Crippen molar-refractivity contribution in [3.8, 4) is 0 Å². The molecule has 1 unspecified atom stereocenters. The quantitative estimate of drug-likeness (QED) is 0.908. The first kappa shape index (κ1) is 12.6. The molecule has 1 amide bonds. The second-order valence-corrected chi connectivity index (χ2v) is 5.41. The van der Waals surface area contributed by atoms with E-state index in [0.717, 1.165) is 30.4 Å². The number of likely N-dealkylation sites (tertiary alicyclic amines) is 1. The highest BCUT2D eigenvalue weighted by molar-refractivity contribution is 9.10. The molecule has 1 atom stereocenters. The van der Waals surface area contributed by atoms with Crippen LogP contribution in [0.25, 0.3) is 0 Å². The molecule has 17 heavy (non-hydrogen) atoms. The van der Waals surface area contributed by atoms with Crippen molar-refractivity contribution in [2.45, 2.75) is 18.9 Å². The molecule has 3 nitrogen and oxygen atoms in total. The Morgan fingerprint density at radius 1 is 1.47 bits per heavy atom. The third-order valence-electron chi connectivity index (χ3n) is 3.08. The zero-order valence-corrected chi connectivity index (χ0v) is 11.5. The van der Waals surface area contributed by atoms with Crippen molar-refractivity contribution in [2.75, 3.05) is 20.1 Å². The number of nitrogens with zero attached hydrogens (tertiary/aromatic N) is 1. The molecule has 4 heteroatoms. The van der Waals surface area contributed by atoms with E-state index < -0.39 is 0 Å². The molecule has 0 radical (unpaired) electrons. The van der Waals surface area contributed by atoms with E-state index >= 15 is 0 Å². The third kappa shape index (κ3) is 3.30. The number of hydrogen-bond donors (Lipinski definition) is 1. The molecule has 1 fully saturated rings. The Balaban J connectivity index is 1.99. The highest BCUT2D eigenvalue weighted by Crippen LogP contribution is 2.16. The van der Waals surface area contributed by atoms with E-state index in [-0.39, 0.29) is 11.9 Å². The zero-order chi connectivity index (χ0) is 12.3. The number of likely N-dealkylation sites (N-methyl/N-ethyl adjacent to an activating group) is 1. The molecule has 1 aliphatic rings. The minimum Gasteiger partial charge on any atom is -0.348 e. The van der Waals surface area contributed by atoms with Crippen molar-refractivity contribution in [1.29, 1.82) is 0 Å². The van der Waals surface area contributed by atoms with Crippen LogP contribution in [0.2, 0.25) is 0 Å². The lowest BCUT2D eigenvalue weighted by molar-refractivity contribution is 0.0912. The Kier molecular flexibility index (Phi) is 4.18. The number of carbonyl (C=O) groups excluding carboxylic acids is 1. The van der Waals surface area contributed by atoms with Gasteiger partial charge in [0.2, 0.25) is 0 Å². The molecule has 0 aliphatic carbocycles. The summed E-state index contributed by atoms with van der Waals surface area (Å²) < 4.78 is 0.849. The summed E-state index contributed by atoms with van der Waals surface area (Å²) in [5.41, 5.74) is 0.709. The van der Waals surface area contributed by atoms with E-state index in [1.807, 2.05) is 24.3 Å². The first-order valence-corrected chi connectivity index (χ1v) is 6.70. The SMILES string of the molecule is CN1CCCC(NC(=O)c2ccccc2Br)C1. The summed E-state index contributed by atoms with van der Waals surface area (Å²) in [5, 5.41) is 3.10. The van der Waals surface area contributed by atoms with Gasteiger partial charge in [-0.05, 0) is 54.5 Å². The molecule has 1 saturated heterocycles. The van der Waals surface area contributed by atoms with Crippen molar-refractivity contribution in [3.05, 3.63) is 34.3 Å². The van der Waals surface area contributed by atoms with E-state index in [1.165, 1.54) is 0 Å². The maximum absolute atomic E-state index is 12.1. The number of hydrogen-bond acceptors (Lipinski definition) is 2. The molecular weight excluding hydrogens is 280 g/mol. The van der Waals surface area contributed by atoms with Gasteiger partial charge in [-0.15, -0.1) is 0 Å². The van der Waals surface area contributed by atoms with Crippen LogP contribution in [0.1, 0.15) is 23.2 Å². The summed E-state index contributed by atoms with van der Waals surface area (Å²) in [4.78, 5) is 14.3. The molecular formula is C13H17BrN2O. The first-order valence-electron chi connectivity index (χ1n) is 5.91. The van der Waals surface area contributed by atoms with Crippen LogP contribution in [0.5, 0.6) is 0 Å². The number of rotatable bonds is 2. The predicted molar refractivity (Wildman–Crippen MR) is 72.1 cm³/mol. The van der Waals surface area contributed by atoms with E-state index in [9.17, 15) is 4.79 Å². The number of carbonyl (C=O) groups is 1. The molecule has 0 aromatic heterocycles. The molecule has 1 aromatic carbocycles. The van der Waals surface area contributed by atoms with Gasteiger partial charge in [0.05, 0.1) is 5.56 Å². The summed E-state index contributed by atoms with van der Waals surface area (Å²) in [6, 6.07) is 7.80. The number of amides is 1. The standard InChI is InChI=1S/C13H17BrN2O/c1-16-8-4-5-10(9-16)15-13(17)11-6-2-3-7-12(11)14/h2-3,6-7,10H,4-5,8-9H2,1H3,(H,15,17). The second kappa shape index (κ2) is 5.65. The average molecular weight is 297 g/mol. The van der Waals surface area contributed by atoms with Crippen molar-refractivity contribution in [3.63, 3.8) is 0 Å². The van der Waals surface area contributed by atoms with Crippen LogP contribution in [-0.2, 0) is 0 Å². The van der Waals surface area contributed by atoms with Gasteiger partial charge in [-0.1, -0.05) is 12.1 Å². The fraction of sp³-hybridized carbons (Fsp3) is 0.462. The van der Waals surface area contributed by atoms with Crippen LogP contribution < -0.4 is 5.32 Å². The molecule has 2 rings (SSSR count). The van der Waals surface area contributed by atoms with Gasteiger partial charge in [0.1, 0.15) is 0 Å². The maximum atomic E-state index is 12.1. The molecule has 1 aliphatic heterocycles. The average Bonchev–Trinajstić information content (AvgIpc) is 2.29. The van der Waals surface area contributed by atoms with Gasteiger partial charge in [-0.2, -0.15) is 0 Å². The van der Waals surface area contributed by atoms with Crippen molar-refractivity contribution in [2.24, 2.45) is 0 Å². The highest BCUT2D eigenvalue weighted by atomic mass is 79.9. The number of halogens is 1. The summed E-state index contributed by atoms with van der Waals surface area (Å²) in [5.74, 6) is 0.0118. The van der Waals surface area contributed by atoms with Gasteiger partial charge < -0.3 is 10.2 Å². The second-order valence-electron chi connectivity index (χ2n) is 4.55. The van der Waals surface area contributed by atoms with Gasteiger partial charge in [0.15, 0.2) is 0 Å². The van der Waals surface area contributed by atoms with Crippen molar-refractivity contribution >= 4 is 21.8 Å². The summed E-state index contributed by atoms with van der Waals surface area (Å²) in [6.07, 6.45) is 2.22. The fourth-order valence-electron chi connectivity index (χ4n) is 2.19. The number of piperidine rings is 1. The minimum absolute atomic E-state index is 0.0118. The molecule has 0 bridgehead atoms. The van der Waals surface area contributed by atoms with Crippen LogP contribution in [0.3, 0.4) is 0 Å². The smallest absolute Gasteiger partial charge is 0.252 e. The van der Waals surface area contributed by atoms with E-state index in [0.29, 0.717) is 5.56 Å². The lowest BCUT2D eigenvalue weighted by atomic mass is 10.1. The van der Waals surface area contributed by atoms with E-state index in [4.69, 9.17) is 0 Å². The lowest BCUT2D eigenvalue weighted by Crippen LogP contribution is -2.46. The van der Waals surface area contributed by atoms with Gasteiger partial charge in [-0.25, -0.2) is 0 Å². The van der Waals surface area contributed by atoms with E-state index in [1.54, 1.807) is 0 Å². The Morgan fingerprint density at radius 3 is 2.94 bits per heavy atom. The van der Waals surface area contributed by atoms with Crippen LogP contribution in [0.4, 0.5) is 0 Å². The maximum Gasteiger partial charge on any atom is 0.252 e. The molecule has 1 aromatic rings. The number of nitrogens with one attached hydrogen (secondary N) is 1. The van der Waals surface area contributed by atoms with Crippen LogP contribution in [-0.4, -0.2) is 37.0 Å². The monoisotopic (exact) mass is 296 g/mol. The Hall–Kier alpha value is -0.870.